The summed E-state index contributed by atoms with van der Waals surface area (Å²) in [6.07, 6.45) is 0. The van der Waals surface area contributed by atoms with Crippen molar-refractivity contribution >= 4 is 17.3 Å². The van der Waals surface area contributed by atoms with Crippen LogP contribution in [0.3, 0.4) is 0 Å². The van der Waals surface area contributed by atoms with E-state index in [9.17, 15) is 0 Å². The standard InChI is InChI=1S/C9H9ClNO/c1-11-4-5-12-9-3-2-7(10)6-8(9)11/h2,6H,4-5H2,1H3. The van der Waals surface area contributed by atoms with E-state index in [1.807, 2.05) is 13.1 Å². The third-order valence-electron chi connectivity index (χ3n) is 1.93. The Hall–Kier alpha value is -0.890. The third kappa shape index (κ3) is 1.23. The van der Waals surface area contributed by atoms with Crippen molar-refractivity contribution in [1.82, 2.24) is 0 Å². The number of rotatable bonds is 0. The average Bonchev–Trinajstić information content (AvgIpc) is 2.07. The Kier molecular flexibility index (Phi) is 1.85. The summed E-state index contributed by atoms with van der Waals surface area (Å²) in [7, 11) is 2.02. The average molecular weight is 183 g/mol. The predicted octanol–water partition coefficient (Wildman–Crippen LogP) is 1.97. The molecule has 1 aromatic carbocycles. The molecule has 0 bridgehead atoms. The van der Waals surface area contributed by atoms with E-state index >= 15 is 0 Å². The lowest BCUT2D eigenvalue weighted by Gasteiger charge is -2.27. The number of likely N-dealkylation sites (N-methyl/N-ethyl adjacent to an activating group) is 1. The predicted molar refractivity (Wildman–Crippen MR) is 49.1 cm³/mol. The Morgan fingerprint density at radius 1 is 1.67 bits per heavy atom. The molecule has 0 fully saturated rings. The molecule has 2 rings (SSSR count). The number of ether oxygens (including phenoxy) is 1. The van der Waals surface area contributed by atoms with Gasteiger partial charge >= 0.3 is 0 Å². The summed E-state index contributed by atoms with van der Waals surface area (Å²) in [6, 6.07) is 6.61. The van der Waals surface area contributed by atoms with Crippen LogP contribution in [0.15, 0.2) is 12.1 Å². The summed E-state index contributed by atoms with van der Waals surface area (Å²) >= 11 is 5.83. The second-order valence-corrected chi connectivity index (χ2v) is 3.24. The van der Waals surface area contributed by atoms with Crippen molar-refractivity contribution in [3.63, 3.8) is 0 Å². The van der Waals surface area contributed by atoms with Gasteiger partial charge in [0.05, 0.1) is 12.2 Å². The van der Waals surface area contributed by atoms with Crippen molar-refractivity contribution in [3.8, 4) is 5.75 Å². The molecule has 3 heteroatoms. The third-order valence-corrected chi connectivity index (χ3v) is 2.15. The van der Waals surface area contributed by atoms with Crippen molar-refractivity contribution in [2.75, 3.05) is 25.1 Å². The molecule has 0 aromatic heterocycles. The van der Waals surface area contributed by atoms with Crippen LogP contribution < -0.4 is 9.64 Å². The zero-order chi connectivity index (χ0) is 8.55. The first-order chi connectivity index (χ1) is 5.77. The molecule has 63 valence electrons. The van der Waals surface area contributed by atoms with E-state index in [0.717, 1.165) is 24.6 Å². The van der Waals surface area contributed by atoms with Crippen LogP contribution in [0, 0.1) is 6.07 Å². The van der Waals surface area contributed by atoms with Gasteiger partial charge in [0.15, 0.2) is 5.75 Å². The molecule has 0 spiro atoms. The maximum atomic E-state index is 5.83. The van der Waals surface area contributed by atoms with Crippen LogP contribution in [0.5, 0.6) is 5.75 Å². The van der Waals surface area contributed by atoms with Gasteiger partial charge in [-0.05, 0) is 12.1 Å². The van der Waals surface area contributed by atoms with Gasteiger partial charge in [0.2, 0.25) is 0 Å². The molecular formula is C9H9ClNO. The topological polar surface area (TPSA) is 12.5 Å². The van der Waals surface area contributed by atoms with Gasteiger partial charge in [-0.2, -0.15) is 0 Å². The Balaban J connectivity index is 2.47. The lowest BCUT2D eigenvalue weighted by Crippen LogP contribution is -2.28. The van der Waals surface area contributed by atoms with Gasteiger partial charge < -0.3 is 9.64 Å². The molecule has 0 saturated heterocycles. The van der Waals surface area contributed by atoms with Crippen LogP contribution in [0.25, 0.3) is 0 Å². The molecule has 0 aliphatic carbocycles. The molecule has 0 atom stereocenters. The number of nitrogens with zero attached hydrogens (tertiary/aromatic N) is 1. The monoisotopic (exact) mass is 182 g/mol. The van der Waals surface area contributed by atoms with Gasteiger partial charge in [0.25, 0.3) is 0 Å². The summed E-state index contributed by atoms with van der Waals surface area (Å²) < 4.78 is 5.39. The SMILES string of the molecule is CN1CCOc2[c]cc(Cl)cc21. The summed E-state index contributed by atoms with van der Waals surface area (Å²) in [6.45, 7) is 1.63. The van der Waals surface area contributed by atoms with E-state index in [4.69, 9.17) is 16.3 Å². The van der Waals surface area contributed by atoms with Crippen LogP contribution >= 0.6 is 11.6 Å². The summed E-state index contributed by atoms with van der Waals surface area (Å²) in [5.41, 5.74) is 1.02. The van der Waals surface area contributed by atoms with Crippen LogP contribution in [-0.4, -0.2) is 20.2 Å². The number of fused-ring (bicyclic) bond motifs is 1. The molecule has 1 aliphatic rings. The van der Waals surface area contributed by atoms with Crippen LogP contribution in [-0.2, 0) is 0 Å². The zero-order valence-corrected chi connectivity index (χ0v) is 7.56. The highest BCUT2D eigenvalue weighted by Crippen LogP contribution is 2.32. The van der Waals surface area contributed by atoms with E-state index in [0.29, 0.717) is 5.02 Å². The minimum atomic E-state index is 0.700. The van der Waals surface area contributed by atoms with Crippen molar-refractivity contribution in [3.05, 3.63) is 23.2 Å². The molecule has 0 N–H and O–H groups in total. The van der Waals surface area contributed by atoms with Gasteiger partial charge in [0.1, 0.15) is 6.61 Å². The number of anilines is 1. The van der Waals surface area contributed by atoms with Crippen LogP contribution in [0.4, 0.5) is 5.69 Å². The summed E-state index contributed by atoms with van der Waals surface area (Å²) in [5.74, 6) is 0.799. The van der Waals surface area contributed by atoms with E-state index in [1.165, 1.54) is 0 Å². The van der Waals surface area contributed by atoms with Crippen LogP contribution in [0.1, 0.15) is 0 Å². The second kappa shape index (κ2) is 2.87. The van der Waals surface area contributed by atoms with E-state index in [2.05, 4.69) is 11.0 Å². The maximum Gasteiger partial charge on any atom is 0.150 e. The molecular weight excluding hydrogens is 174 g/mol. The molecule has 1 aromatic rings. The molecule has 12 heavy (non-hydrogen) atoms. The Bertz CT molecular complexity index is 301. The van der Waals surface area contributed by atoms with Crippen molar-refractivity contribution in [2.45, 2.75) is 0 Å². The molecule has 1 heterocycles. The first-order valence-electron chi connectivity index (χ1n) is 3.82. The quantitative estimate of drug-likeness (QED) is 0.608. The smallest absolute Gasteiger partial charge is 0.150 e. The second-order valence-electron chi connectivity index (χ2n) is 2.80. The van der Waals surface area contributed by atoms with Gasteiger partial charge in [-0.15, -0.1) is 0 Å². The highest BCUT2D eigenvalue weighted by molar-refractivity contribution is 6.30. The Morgan fingerprint density at radius 2 is 2.50 bits per heavy atom. The fourth-order valence-corrected chi connectivity index (χ4v) is 1.41. The molecule has 1 radical (unpaired) electrons. The molecule has 2 nitrogen and oxygen atoms in total. The Morgan fingerprint density at radius 3 is 3.33 bits per heavy atom. The number of hydrogen-bond donors (Lipinski definition) is 0. The van der Waals surface area contributed by atoms with E-state index < -0.39 is 0 Å². The lowest BCUT2D eigenvalue weighted by atomic mass is 10.2. The highest BCUT2D eigenvalue weighted by Gasteiger charge is 2.14. The fraction of sp³-hybridized carbons (Fsp3) is 0.333. The largest absolute Gasteiger partial charge is 0.489 e. The van der Waals surface area contributed by atoms with E-state index in [1.54, 1.807) is 6.07 Å². The lowest BCUT2D eigenvalue weighted by molar-refractivity contribution is 0.310. The van der Waals surface area contributed by atoms with Gasteiger partial charge in [-0.1, -0.05) is 11.6 Å². The minimum Gasteiger partial charge on any atom is -0.489 e. The zero-order valence-electron chi connectivity index (χ0n) is 6.80. The number of benzene rings is 1. The van der Waals surface area contributed by atoms with Crippen molar-refractivity contribution in [1.29, 1.82) is 0 Å². The highest BCUT2D eigenvalue weighted by atomic mass is 35.5. The maximum absolute atomic E-state index is 5.83. The first kappa shape index (κ1) is 7.74. The number of hydrogen-bond acceptors (Lipinski definition) is 2. The van der Waals surface area contributed by atoms with Crippen molar-refractivity contribution in [2.24, 2.45) is 0 Å². The molecule has 1 aliphatic heterocycles. The van der Waals surface area contributed by atoms with E-state index in [-0.39, 0.29) is 0 Å². The molecule has 0 amide bonds. The first-order valence-corrected chi connectivity index (χ1v) is 4.20. The Labute approximate surface area is 76.7 Å². The molecule has 0 unspecified atom stereocenters. The normalized spacial score (nSPS) is 15.3. The number of halogens is 1. The summed E-state index contributed by atoms with van der Waals surface area (Å²) in [4.78, 5) is 2.11. The van der Waals surface area contributed by atoms with Gasteiger partial charge in [-0.3, -0.25) is 0 Å². The molecule has 0 saturated carbocycles. The van der Waals surface area contributed by atoms with Crippen molar-refractivity contribution < 1.29 is 4.74 Å². The fourth-order valence-electron chi connectivity index (χ4n) is 1.25. The van der Waals surface area contributed by atoms with Gasteiger partial charge in [0, 0.05) is 18.1 Å². The van der Waals surface area contributed by atoms with Crippen LogP contribution in [0.2, 0.25) is 5.02 Å². The van der Waals surface area contributed by atoms with Gasteiger partial charge in [-0.25, -0.2) is 0 Å². The summed E-state index contributed by atoms with van der Waals surface area (Å²) in [5, 5.41) is 0.700. The minimum absolute atomic E-state index is 0.700.